The Kier molecular flexibility index (Phi) is 5.41. The van der Waals surface area contributed by atoms with Gasteiger partial charge in [-0.1, -0.05) is 12.1 Å². The lowest BCUT2D eigenvalue weighted by atomic mass is 10.1. The van der Waals surface area contributed by atoms with Crippen LogP contribution in [-0.4, -0.2) is 28.9 Å². The second kappa shape index (κ2) is 7.63. The van der Waals surface area contributed by atoms with E-state index in [9.17, 15) is 22.8 Å². The molecule has 0 fully saturated rings. The molecule has 2 aromatic heterocycles. The molecule has 3 aromatic rings. The summed E-state index contributed by atoms with van der Waals surface area (Å²) in [5.74, 6) is -0.510. The molecule has 10 heteroatoms. The van der Waals surface area contributed by atoms with E-state index in [4.69, 9.17) is 4.74 Å². The van der Waals surface area contributed by atoms with Crippen molar-refractivity contribution in [1.82, 2.24) is 9.97 Å². The highest BCUT2D eigenvalue weighted by Gasteiger charge is 2.31. The fourth-order valence-corrected chi connectivity index (χ4v) is 3.76. The van der Waals surface area contributed by atoms with Crippen LogP contribution >= 0.6 is 11.3 Å². The van der Waals surface area contributed by atoms with E-state index >= 15 is 0 Å². The van der Waals surface area contributed by atoms with Crippen molar-refractivity contribution in [3.05, 3.63) is 56.4 Å². The van der Waals surface area contributed by atoms with Gasteiger partial charge in [-0.25, -0.2) is 9.78 Å². The molecule has 0 aliphatic rings. The minimum absolute atomic E-state index is 0.198. The molecule has 0 atom stereocenters. The number of thiophene rings is 1. The van der Waals surface area contributed by atoms with E-state index in [-0.39, 0.29) is 24.3 Å². The number of hydrogen-bond acceptors (Lipinski definition) is 6. The SMILES string of the molecule is CCOC(=O)c1sc2nc(Cc3ccc(OC(F)(F)F)cc3)[nH]c(=O)c2c1C. The summed E-state index contributed by atoms with van der Waals surface area (Å²) < 4.78 is 45.5. The molecule has 148 valence electrons. The first-order chi connectivity index (χ1) is 13.2. The first-order valence-electron chi connectivity index (χ1n) is 8.22. The van der Waals surface area contributed by atoms with Crippen LogP contribution in [0.1, 0.15) is 33.5 Å². The Bertz CT molecular complexity index is 1070. The Balaban J connectivity index is 1.88. The van der Waals surface area contributed by atoms with Gasteiger partial charge in [0, 0.05) is 6.42 Å². The van der Waals surface area contributed by atoms with Crippen LogP contribution in [0, 0.1) is 6.92 Å². The van der Waals surface area contributed by atoms with Crippen molar-refractivity contribution in [2.45, 2.75) is 26.6 Å². The molecule has 0 bridgehead atoms. The summed E-state index contributed by atoms with van der Waals surface area (Å²) >= 11 is 1.07. The van der Waals surface area contributed by atoms with E-state index in [0.29, 0.717) is 32.0 Å². The third kappa shape index (κ3) is 4.33. The van der Waals surface area contributed by atoms with Crippen molar-refractivity contribution >= 4 is 27.5 Å². The summed E-state index contributed by atoms with van der Waals surface area (Å²) in [6.45, 7) is 3.56. The number of benzene rings is 1. The van der Waals surface area contributed by atoms with Gasteiger partial charge in [-0.2, -0.15) is 0 Å². The number of alkyl halides is 3. The normalized spacial score (nSPS) is 11.6. The highest BCUT2D eigenvalue weighted by Crippen LogP contribution is 2.28. The summed E-state index contributed by atoms with van der Waals surface area (Å²) in [6, 6.07) is 5.28. The summed E-state index contributed by atoms with van der Waals surface area (Å²) in [5, 5.41) is 0.325. The van der Waals surface area contributed by atoms with E-state index < -0.39 is 12.3 Å². The molecule has 0 spiro atoms. The van der Waals surface area contributed by atoms with Crippen LogP contribution in [0.15, 0.2) is 29.1 Å². The standard InChI is InChI=1S/C18H15F3N2O4S/c1-3-26-17(25)14-9(2)13-15(24)22-12(23-16(13)28-14)8-10-4-6-11(7-5-10)27-18(19,20)21/h4-7H,3,8H2,1-2H3,(H,22,23,24). The number of H-pyrrole nitrogens is 1. The molecule has 28 heavy (non-hydrogen) atoms. The molecular weight excluding hydrogens is 397 g/mol. The molecule has 0 saturated carbocycles. The van der Waals surface area contributed by atoms with Crippen LogP contribution in [-0.2, 0) is 11.2 Å². The Morgan fingerprint density at radius 1 is 1.25 bits per heavy atom. The van der Waals surface area contributed by atoms with E-state index in [2.05, 4.69) is 14.7 Å². The minimum Gasteiger partial charge on any atom is -0.462 e. The first kappa shape index (κ1) is 19.9. The van der Waals surface area contributed by atoms with Crippen molar-refractivity contribution in [3.8, 4) is 5.75 Å². The number of hydrogen-bond donors (Lipinski definition) is 1. The Hall–Kier alpha value is -2.88. The number of rotatable bonds is 5. The number of carbonyl (C=O) groups excluding carboxylic acids is 1. The van der Waals surface area contributed by atoms with Crippen molar-refractivity contribution < 1.29 is 27.4 Å². The molecular formula is C18H15F3N2O4S. The molecule has 0 radical (unpaired) electrons. The summed E-state index contributed by atoms with van der Waals surface area (Å²) in [5.41, 5.74) is 0.754. The van der Waals surface area contributed by atoms with Gasteiger partial charge in [-0.3, -0.25) is 4.79 Å². The van der Waals surface area contributed by atoms with Gasteiger partial charge in [-0.15, -0.1) is 24.5 Å². The van der Waals surface area contributed by atoms with Crippen molar-refractivity contribution in [2.75, 3.05) is 6.61 Å². The second-order valence-electron chi connectivity index (χ2n) is 5.84. The van der Waals surface area contributed by atoms with Crippen molar-refractivity contribution in [3.63, 3.8) is 0 Å². The zero-order valence-corrected chi connectivity index (χ0v) is 15.7. The van der Waals surface area contributed by atoms with Gasteiger partial charge in [-0.05, 0) is 37.1 Å². The van der Waals surface area contributed by atoms with E-state index in [1.165, 1.54) is 24.3 Å². The topological polar surface area (TPSA) is 81.3 Å². The van der Waals surface area contributed by atoms with Gasteiger partial charge in [0.1, 0.15) is 21.3 Å². The van der Waals surface area contributed by atoms with Crippen LogP contribution in [0.4, 0.5) is 13.2 Å². The van der Waals surface area contributed by atoms with Gasteiger partial charge < -0.3 is 14.5 Å². The number of halogens is 3. The molecule has 6 nitrogen and oxygen atoms in total. The molecule has 0 unspecified atom stereocenters. The lowest BCUT2D eigenvalue weighted by Gasteiger charge is -2.09. The maximum atomic E-state index is 12.4. The average Bonchev–Trinajstić information content (AvgIpc) is 2.93. The number of aromatic nitrogens is 2. The number of aryl methyl sites for hydroxylation is 1. The molecule has 0 saturated heterocycles. The number of nitrogens with zero attached hydrogens (tertiary/aromatic N) is 1. The second-order valence-corrected chi connectivity index (χ2v) is 6.84. The zero-order valence-electron chi connectivity index (χ0n) is 14.8. The maximum absolute atomic E-state index is 12.4. The minimum atomic E-state index is -4.76. The molecule has 2 heterocycles. The van der Waals surface area contributed by atoms with Gasteiger partial charge in [0.2, 0.25) is 0 Å². The van der Waals surface area contributed by atoms with Crippen LogP contribution in [0.2, 0.25) is 0 Å². The van der Waals surface area contributed by atoms with E-state index in [1.54, 1.807) is 13.8 Å². The molecule has 0 aliphatic heterocycles. The number of nitrogens with one attached hydrogen (secondary N) is 1. The predicted octanol–water partition coefficient (Wildman–Crippen LogP) is 3.96. The van der Waals surface area contributed by atoms with Crippen LogP contribution in [0.3, 0.4) is 0 Å². The maximum Gasteiger partial charge on any atom is 0.573 e. The highest BCUT2D eigenvalue weighted by atomic mass is 32.1. The third-order valence-corrected chi connectivity index (χ3v) is 5.00. The average molecular weight is 412 g/mol. The lowest BCUT2D eigenvalue weighted by Crippen LogP contribution is -2.17. The Labute approximate surface area is 160 Å². The Morgan fingerprint density at radius 2 is 1.93 bits per heavy atom. The molecule has 1 aromatic carbocycles. The van der Waals surface area contributed by atoms with Crippen molar-refractivity contribution in [2.24, 2.45) is 0 Å². The fourth-order valence-electron chi connectivity index (χ4n) is 2.67. The van der Waals surface area contributed by atoms with E-state index in [1.807, 2.05) is 0 Å². The summed E-state index contributed by atoms with van der Waals surface area (Å²) in [7, 11) is 0. The smallest absolute Gasteiger partial charge is 0.462 e. The molecule has 3 rings (SSSR count). The van der Waals surface area contributed by atoms with Crippen LogP contribution in [0.5, 0.6) is 5.75 Å². The summed E-state index contributed by atoms with van der Waals surface area (Å²) in [4.78, 5) is 32.2. The monoisotopic (exact) mass is 412 g/mol. The summed E-state index contributed by atoms with van der Waals surface area (Å²) in [6.07, 6.45) is -4.56. The quantitative estimate of drug-likeness (QED) is 0.642. The third-order valence-electron chi connectivity index (χ3n) is 3.84. The van der Waals surface area contributed by atoms with E-state index in [0.717, 1.165) is 11.3 Å². The first-order valence-corrected chi connectivity index (χ1v) is 9.03. The number of aromatic amines is 1. The zero-order chi connectivity index (χ0) is 20.5. The largest absolute Gasteiger partial charge is 0.573 e. The van der Waals surface area contributed by atoms with Gasteiger partial charge in [0.15, 0.2) is 0 Å². The highest BCUT2D eigenvalue weighted by molar-refractivity contribution is 7.20. The molecule has 1 N–H and O–H groups in total. The molecule has 0 aliphatic carbocycles. The predicted molar refractivity (Wildman–Crippen MR) is 96.9 cm³/mol. The number of esters is 1. The number of carbonyl (C=O) groups is 1. The van der Waals surface area contributed by atoms with Gasteiger partial charge >= 0.3 is 12.3 Å². The van der Waals surface area contributed by atoms with Crippen LogP contribution < -0.4 is 10.3 Å². The lowest BCUT2D eigenvalue weighted by molar-refractivity contribution is -0.274. The van der Waals surface area contributed by atoms with Crippen LogP contribution in [0.25, 0.3) is 10.2 Å². The number of ether oxygens (including phenoxy) is 2. The number of fused-ring (bicyclic) bond motifs is 1. The molecule has 0 amide bonds. The van der Waals surface area contributed by atoms with Gasteiger partial charge in [0.05, 0.1) is 12.0 Å². The van der Waals surface area contributed by atoms with Gasteiger partial charge in [0.25, 0.3) is 5.56 Å². The van der Waals surface area contributed by atoms with Crippen molar-refractivity contribution in [1.29, 1.82) is 0 Å². The Morgan fingerprint density at radius 3 is 2.54 bits per heavy atom. The fraction of sp³-hybridized carbons (Fsp3) is 0.278.